The Labute approximate surface area is 42.5 Å². The van der Waals surface area contributed by atoms with Crippen LogP contribution in [0.5, 0.6) is 0 Å². The second-order valence-electron chi connectivity index (χ2n) is 1.26. The number of allylic oxidation sites excluding steroid dienone is 1. The Morgan fingerprint density at radius 1 is 1.71 bits per heavy atom. The molecule has 0 unspecified atom stereocenters. The zero-order valence-corrected chi connectivity index (χ0v) is 4.16. The summed E-state index contributed by atoms with van der Waals surface area (Å²) in [7, 11) is 0. The molecule has 40 valence electrons. The second kappa shape index (κ2) is 3.56. The zero-order chi connectivity index (χ0) is 5.70. The van der Waals surface area contributed by atoms with Crippen molar-refractivity contribution in [2.45, 2.75) is 13.0 Å². The Hall–Kier alpha value is -0.630. The number of hydrogen-bond donors (Lipinski definition) is 1. The van der Waals surface area contributed by atoms with Crippen molar-refractivity contribution in [1.82, 2.24) is 0 Å². The molecule has 0 amide bonds. The lowest BCUT2D eigenvalue weighted by molar-refractivity contribution is -0.104. The van der Waals surface area contributed by atoms with Gasteiger partial charge >= 0.3 is 0 Å². The van der Waals surface area contributed by atoms with Crippen molar-refractivity contribution in [3.8, 4) is 0 Å². The lowest BCUT2D eigenvalue weighted by atomic mass is 10.4. The minimum Gasteiger partial charge on any atom is -0.389 e. The van der Waals surface area contributed by atoms with Crippen LogP contribution in [0, 0.1) is 0 Å². The van der Waals surface area contributed by atoms with Crippen molar-refractivity contribution in [2.24, 2.45) is 0 Å². The van der Waals surface area contributed by atoms with E-state index in [0.29, 0.717) is 6.29 Å². The SMILES string of the molecule is C[C@@H](O)C=CC=O. The lowest BCUT2D eigenvalue weighted by Gasteiger charge is -1.86. The van der Waals surface area contributed by atoms with Gasteiger partial charge in [-0.25, -0.2) is 0 Å². The highest BCUT2D eigenvalue weighted by Crippen LogP contribution is 1.77. The summed E-state index contributed by atoms with van der Waals surface area (Å²) in [5.74, 6) is 0. The Bertz CT molecular complexity index is 74.1. The van der Waals surface area contributed by atoms with Crippen molar-refractivity contribution < 1.29 is 9.90 Å². The molecule has 0 bridgehead atoms. The highest BCUT2D eigenvalue weighted by atomic mass is 16.3. The first kappa shape index (κ1) is 6.37. The predicted molar refractivity (Wildman–Crippen MR) is 26.9 cm³/mol. The van der Waals surface area contributed by atoms with Gasteiger partial charge in [-0.1, -0.05) is 6.08 Å². The molecule has 0 aliphatic heterocycles. The number of hydrogen-bond acceptors (Lipinski definition) is 2. The molecule has 7 heavy (non-hydrogen) atoms. The van der Waals surface area contributed by atoms with Gasteiger partial charge in [0.25, 0.3) is 0 Å². The van der Waals surface area contributed by atoms with Crippen molar-refractivity contribution in [3.05, 3.63) is 12.2 Å². The van der Waals surface area contributed by atoms with Gasteiger partial charge in [-0.15, -0.1) is 0 Å². The van der Waals surface area contributed by atoms with Gasteiger partial charge in [0, 0.05) is 0 Å². The van der Waals surface area contributed by atoms with E-state index in [2.05, 4.69) is 0 Å². The number of carbonyl (C=O) groups excluding carboxylic acids is 1. The molecular weight excluding hydrogens is 92.1 g/mol. The largest absolute Gasteiger partial charge is 0.389 e. The topological polar surface area (TPSA) is 37.3 Å². The maximum Gasteiger partial charge on any atom is 0.142 e. The van der Waals surface area contributed by atoms with Crippen LogP contribution in [0.15, 0.2) is 12.2 Å². The predicted octanol–water partition coefficient (Wildman–Crippen LogP) is 0.122. The van der Waals surface area contributed by atoms with Gasteiger partial charge in [0.1, 0.15) is 6.29 Å². The molecule has 2 heteroatoms. The van der Waals surface area contributed by atoms with Crippen LogP contribution in [-0.2, 0) is 4.79 Å². The number of aliphatic hydroxyl groups excluding tert-OH is 1. The molecule has 0 aliphatic carbocycles. The van der Waals surface area contributed by atoms with E-state index in [1.165, 1.54) is 12.2 Å². The average molecular weight is 100 g/mol. The Kier molecular flexibility index (Phi) is 3.24. The van der Waals surface area contributed by atoms with Crippen molar-refractivity contribution >= 4 is 6.29 Å². The summed E-state index contributed by atoms with van der Waals surface area (Å²) in [4.78, 5) is 9.51. The van der Waals surface area contributed by atoms with Crippen LogP contribution in [0.1, 0.15) is 6.92 Å². The average Bonchev–Trinajstić information content (AvgIpc) is 1.61. The van der Waals surface area contributed by atoms with Crippen LogP contribution < -0.4 is 0 Å². The molecule has 0 saturated carbocycles. The van der Waals surface area contributed by atoms with Crippen LogP contribution >= 0.6 is 0 Å². The first-order valence-corrected chi connectivity index (χ1v) is 2.07. The van der Waals surface area contributed by atoms with Gasteiger partial charge in [-0.2, -0.15) is 0 Å². The summed E-state index contributed by atoms with van der Waals surface area (Å²) in [5.41, 5.74) is 0. The summed E-state index contributed by atoms with van der Waals surface area (Å²) in [5, 5.41) is 8.44. The second-order valence-corrected chi connectivity index (χ2v) is 1.26. The minimum absolute atomic E-state index is 0.509. The smallest absolute Gasteiger partial charge is 0.142 e. The van der Waals surface area contributed by atoms with Gasteiger partial charge in [0.15, 0.2) is 0 Å². The summed E-state index contributed by atoms with van der Waals surface area (Å²) in [6.07, 6.45) is 2.80. The van der Waals surface area contributed by atoms with Crippen molar-refractivity contribution in [2.75, 3.05) is 0 Å². The third-order valence-electron chi connectivity index (χ3n) is 0.468. The van der Waals surface area contributed by atoms with Gasteiger partial charge in [-0.3, -0.25) is 4.79 Å². The molecule has 0 radical (unpaired) electrons. The lowest BCUT2D eigenvalue weighted by Crippen LogP contribution is -1.91. The zero-order valence-electron chi connectivity index (χ0n) is 4.16. The molecule has 0 aromatic heterocycles. The molecule has 2 nitrogen and oxygen atoms in total. The number of rotatable bonds is 2. The highest BCUT2D eigenvalue weighted by Gasteiger charge is 1.80. The number of aliphatic hydroxyl groups is 1. The van der Waals surface area contributed by atoms with E-state index >= 15 is 0 Å². The first-order valence-electron chi connectivity index (χ1n) is 2.07. The van der Waals surface area contributed by atoms with Gasteiger partial charge in [-0.05, 0) is 13.0 Å². The third kappa shape index (κ3) is 5.37. The molecule has 0 aromatic rings. The van der Waals surface area contributed by atoms with E-state index < -0.39 is 6.10 Å². The Morgan fingerprint density at radius 3 is 2.43 bits per heavy atom. The van der Waals surface area contributed by atoms with Crippen LogP contribution in [0.25, 0.3) is 0 Å². The van der Waals surface area contributed by atoms with Crippen molar-refractivity contribution in [3.63, 3.8) is 0 Å². The number of carbonyl (C=O) groups is 1. The fraction of sp³-hybridized carbons (Fsp3) is 0.400. The van der Waals surface area contributed by atoms with Crippen LogP contribution in [0.4, 0.5) is 0 Å². The minimum atomic E-state index is -0.509. The fourth-order valence-corrected chi connectivity index (χ4v) is 0.206. The van der Waals surface area contributed by atoms with Crippen LogP contribution in [-0.4, -0.2) is 17.5 Å². The summed E-state index contributed by atoms with van der Waals surface area (Å²) in [6, 6.07) is 0. The molecule has 0 aliphatic rings. The van der Waals surface area contributed by atoms with E-state index in [4.69, 9.17) is 5.11 Å². The van der Waals surface area contributed by atoms with E-state index in [0.717, 1.165) is 0 Å². The van der Waals surface area contributed by atoms with Crippen LogP contribution in [0.2, 0.25) is 0 Å². The summed E-state index contributed by atoms with van der Waals surface area (Å²) < 4.78 is 0. The van der Waals surface area contributed by atoms with Crippen molar-refractivity contribution in [1.29, 1.82) is 0 Å². The van der Waals surface area contributed by atoms with Crippen LogP contribution in [0.3, 0.4) is 0 Å². The maximum atomic E-state index is 9.51. The Balaban J connectivity index is 3.25. The van der Waals surface area contributed by atoms with E-state index in [9.17, 15) is 4.79 Å². The van der Waals surface area contributed by atoms with Gasteiger partial charge < -0.3 is 5.11 Å². The normalized spacial score (nSPS) is 14.6. The summed E-state index contributed by atoms with van der Waals surface area (Å²) in [6.45, 7) is 1.58. The molecule has 0 fully saturated rings. The molecule has 0 spiro atoms. The number of aldehydes is 1. The summed E-state index contributed by atoms with van der Waals surface area (Å²) >= 11 is 0. The quantitative estimate of drug-likeness (QED) is 0.395. The highest BCUT2D eigenvalue weighted by molar-refractivity contribution is 5.64. The standard InChI is InChI=1S/C5H8O2/c1-5(7)3-2-4-6/h2-5,7H,1H3/t5-/m1/s1. The van der Waals surface area contributed by atoms with E-state index in [-0.39, 0.29) is 0 Å². The molecule has 0 rings (SSSR count). The van der Waals surface area contributed by atoms with Gasteiger partial charge in [0.05, 0.1) is 6.10 Å². The third-order valence-corrected chi connectivity index (χ3v) is 0.468. The molecule has 1 N–H and O–H groups in total. The van der Waals surface area contributed by atoms with E-state index in [1.807, 2.05) is 0 Å². The maximum absolute atomic E-state index is 9.51. The Morgan fingerprint density at radius 2 is 2.29 bits per heavy atom. The monoisotopic (exact) mass is 100 g/mol. The fourth-order valence-electron chi connectivity index (χ4n) is 0.206. The molecular formula is C5H8O2. The van der Waals surface area contributed by atoms with E-state index in [1.54, 1.807) is 6.92 Å². The molecule has 1 atom stereocenters. The molecule has 0 saturated heterocycles. The molecule has 0 aromatic carbocycles. The molecule has 0 heterocycles. The van der Waals surface area contributed by atoms with Gasteiger partial charge in [0.2, 0.25) is 0 Å². The first-order chi connectivity index (χ1) is 3.27.